The molecule has 33 heavy (non-hydrogen) atoms. The van der Waals surface area contributed by atoms with Crippen molar-refractivity contribution in [3.8, 4) is 0 Å². The third-order valence-corrected chi connectivity index (χ3v) is 6.41. The van der Waals surface area contributed by atoms with Gasteiger partial charge in [-0.2, -0.15) is 0 Å². The van der Waals surface area contributed by atoms with Crippen LogP contribution in [0.1, 0.15) is 17.7 Å². The largest absolute Gasteiger partial charge is 0.364 e. The Bertz CT molecular complexity index is 801. The van der Waals surface area contributed by atoms with E-state index in [-0.39, 0.29) is 24.0 Å². The van der Waals surface area contributed by atoms with Crippen molar-refractivity contribution in [2.24, 2.45) is 4.99 Å². The summed E-state index contributed by atoms with van der Waals surface area (Å²) >= 11 is 0. The molecule has 1 N–H and O–H groups in total. The van der Waals surface area contributed by atoms with Crippen LogP contribution in [-0.4, -0.2) is 103 Å². The monoisotopic (exact) mass is 567 g/mol. The van der Waals surface area contributed by atoms with Crippen LogP contribution in [0.4, 0.5) is 0 Å². The molecule has 2 aliphatic heterocycles. The molecule has 0 aliphatic carbocycles. The SMILES string of the molecule is CN=C(NCCCN1CCN(Cc2ccccc2)CC1)N1CCN(Cc2ccon2)CC1.I. The Morgan fingerprint density at radius 1 is 0.909 bits per heavy atom. The van der Waals surface area contributed by atoms with E-state index in [2.05, 4.69) is 65.4 Å². The number of nitrogens with one attached hydrogen (secondary N) is 1. The summed E-state index contributed by atoms with van der Waals surface area (Å²) in [6.07, 6.45) is 2.78. The highest BCUT2D eigenvalue weighted by Gasteiger charge is 2.20. The predicted octanol–water partition coefficient (Wildman–Crippen LogP) is 2.19. The fourth-order valence-electron chi connectivity index (χ4n) is 4.51. The van der Waals surface area contributed by atoms with Crippen molar-refractivity contribution in [3.05, 3.63) is 53.9 Å². The van der Waals surface area contributed by atoms with Gasteiger partial charge in [0.2, 0.25) is 0 Å². The van der Waals surface area contributed by atoms with Crippen LogP contribution in [0.2, 0.25) is 0 Å². The van der Waals surface area contributed by atoms with Crippen LogP contribution >= 0.6 is 24.0 Å². The number of aromatic nitrogens is 1. The van der Waals surface area contributed by atoms with E-state index < -0.39 is 0 Å². The normalized spacial score (nSPS) is 18.8. The molecule has 2 aromatic rings. The fourth-order valence-corrected chi connectivity index (χ4v) is 4.51. The molecule has 182 valence electrons. The van der Waals surface area contributed by atoms with Crippen molar-refractivity contribution in [3.63, 3.8) is 0 Å². The average molecular weight is 568 g/mol. The van der Waals surface area contributed by atoms with Gasteiger partial charge in [-0.1, -0.05) is 35.5 Å². The minimum absolute atomic E-state index is 0. The second kappa shape index (κ2) is 13.9. The molecule has 4 rings (SSSR count). The van der Waals surface area contributed by atoms with Gasteiger partial charge in [0.15, 0.2) is 5.96 Å². The van der Waals surface area contributed by atoms with Crippen LogP contribution in [0.25, 0.3) is 0 Å². The maximum absolute atomic E-state index is 4.94. The summed E-state index contributed by atoms with van der Waals surface area (Å²) in [5.41, 5.74) is 2.41. The second-order valence-electron chi connectivity index (χ2n) is 8.68. The lowest BCUT2D eigenvalue weighted by Gasteiger charge is -2.36. The van der Waals surface area contributed by atoms with Gasteiger partial charge in [-0.15, -0.1) is 24.0 Å². The molecular weight excluding hydrogens is 529 g/mol. The van der Waals surface area contributed by atoms with Crippen molar-refractivity contribution in [2.45, 2.75) is 19.5 Å². The molecule has 0 amide bonds. The number of nitrogens with zero attached hydrogens (tertiary/aromatic N) is 6. The minimum Gasteiger partial charge on any atom is -0.364 e. The Hall–Kier alpha value is -1.69. The predicted molar refractivity (Wildman–Crippen MR) is 143 cm³/mol. The quantitative estimate of drug-likeness (QED) is 0.227. The fraction of sp³-hybridized carbons (Fsp3) is 0.583. The zero-order chi connectivity index (χ0) is 22.0. The smallest absolute Gasteiger partial charge is 0.193 e. The minimum atomic E-state index is 0. The van der Waals surface area contributed by atoms with Gasteiger partial charge in [-0.3, -0.25) is 14.8 Å². The van der Waals surface area contributed by atoms with Gasteiger partial charge < -0.3 is 19.6 Å². The summed E-state index contributed by atoms with van der Waals surface area (Å²) in [7, 11) is 1.88. The molecule has 0 atom stereocenters. The molecule has 0 spiro atoms. The number of aliphatic imine (C=N–C) groups is 1. The molecule has 9 heteroatoms. The number of hydrogen-bond acceptors (Lipinski definition) is 6. The molecular formula is C24H38IN7O. The first-order valence-electron chi connectivity index (χ1n) is 11.9. The number of benzene rings is 1. The number of halogens is 1. The van der Waals surface area contributed by atoms with E-state index >= 15 is 0 Å². The maximum atomic E-state index is 4.94. The van der Waals surface area contributed by atoms with Crippen LogP contribution in [0.3, 0.4) is 0 Å². The Balaban J connectivity index is 0.00000306. The molecule has 2 fully saturated rings. The summed E-state index contributed by atoms with van der Waals surface area (Å²) < 4.78 is 4.94. The Morgan fingerprint density at radius 2 is 1.58 bits per heavy atom. The van der Waals surface area contributed by atoms with E-state index in [9.17, 15) is 0 Å². The molecule has 1 aromatic carbocycles. The molecule has 1 aromatic heterocycles. The van der Waals surface area contributed by atoms with E-state index in [1.807, 2.05) is 13.1 Å². The molecule has 0 saturated carbocycles. The van der Waals surface area contributed by atoms with Gasteiger partial charge in [0, 0.05) is 85.1 Å². The van der Waals surface area contributed by atoms with Gasteiger partial charge in [0.05, 0.1) is 5.69 Å². The Kier molecular flexibility index (Phi) is 10.9. The molecule has 8 nitrogen and oxygen atoms in total. The van der Waals surface area contributed by atoms with Crippen molar-refractivity contribution < 1.29 is 4.52 Å². The second-order valence-corrected chi connectivity index (χ2v) is 8.68. The summed E-state index contributed by atoms with van der Waals surface area (Å²) in [5, 5.41) is 7.59. The molecule has 0 bridgehead atoms. The highest BCUT2D eigenvalue weighted by atomic mass is 127. The molecule has 0 radical (unpaired) electrons. The third kappa shape index (κ3) is 8.24. The number of hydrogen-bond donors (Lipinski definition) is 1. The number of piperazine rings is 2. The summed E-state index contributed by atoms with van der Waals surface area (Å²) in [6, 6.07) is 12.7. The molecule has 2 saturated heterocycles. The van der Waals surface area contributed by atoms with Gasteiger partial charge in [0.25, 0.3) is 0 Å². The van der Waals surface area contributed by atoms with Crippen LogP contribution in [0, 0.1) is 0 Å². The Morgan fingerprint density at radius 3 is 2.24 bits per heavy atom. The van der Waals surface area contributed by atoms with Gasteiger partial charge >= 0.3 is 0 Å². The van der Waals surface area contributed by atoms with Gasteiger partial charge in [-0.25, -0.2) is 0 Å². The zero-order valence-electron chi connectivity index (χ0n) is 19.7. The van der Waals surface area contributed by atoms with Crippen molar-refractivity contribution >= 4 is 29.9 Å². The van der Waals surface area contributed by atoms with Crippen LogP contribution in [0.15, 0.2) is 52.2 Å². The van der Waals surface area contributed by atoms with Crippen LogP contribution in [-0.2, 0) is 13.1 Å². The molecule has 0 unspecified atom stereocenters. The average Bonchev–Trinajstić information content (AvgIpc) is 3.35. The molecule has 2 aliphatic rings. The van der Waals surface area contributed by atoms with E-state index in [0.717, 1.165) is 96.6 Å². The third-order valence-electron chi connectivity index (χ3n) is 6.41. The van der Waals surface area contributed by atoms with Crippen LogP contribution in [0.5, 0.6) is 0 Å². The Labute approximate surface area is 215 Å². The topological polar surface area (TPSA) is 63.4 Å². The standard InChI is InChI=1S/C24H37N7O.HI/c1-25-24(31-17-15-30(16-18-31)21-23-8-19-32-27-23)26-9-5-10-28-11-13-29(14-12-28)20-22-6-3-2-4-7-22;/h2-4,6-8,19H,5,9-18,20-21H2,1H3,(H,25,26);1H. The van der Waals surface area contributed by atoms with Gasteiger partial charge in [-0.05, 0) is 18.5 Å². The van der Waals surface area contributed by atoms with Crippen LogP contribution < -0.4 is 5.32 Å². The summed E-state index contributed by atoms with van der Waals surface area (Å²) in [6.45, 7) is 12.7. The lowest BCUT2D eigenvalue weighted by molar-refractivity contribution is 0.126. The van der Waals surface area contributed by atoms with E-state index in [1.54, 1.807) is 6.26 Å². The highest BCUT2D eigenvalue weighted by Crippen LogP contribution is 2.09. The van der Waals surface area contributed by atoms with E-state index in [4.69, 9.17) is 4.52 Å². The first-order chi connectivity index (χ1) is 15.8. The zero-order valence-corrected chi connectivity index (χ0v) is 22.1. The number of guanidine groups is 1. The van der Waals surface area contributed by atoms with E-state index in [0.29, 0.717) is 0 Å². The first-order valence-corrected chi connectivity index (χ1v) is 11.9. The van der Waals surface area contributed by atoms with Crippen molar-refractivity contribution in [1.29, 1.82) is 0 Å². The maximum Gasteiger partial charge on any atom is 0.193 e. The first kappa shape index (κ1) is 25.9. The van der Waals surface area contributed by atoms with E-state index in [1.165, 1.54) is 5.56 Å². The summed E-state index contributed by atoms with van der Waals surface area (Å²) in [5.74, 6) is 1.03. The lowest BCUT2D eigenvalue weighted by atomic mass is 10.2. The van der Waals surface area contributed by atoms with Crippen molar-refractivity contribution in [1.82, 2.24) is 30.1 Å². The lowest BCUT2D eigenvalue weighted by Crippen LogP contribution is -2.52. The summed E-state index contributed by atoms with van der Waals surface area (Å²) in [4.78, 5) is 14.4. The molecule has 3 heterocycles. The van der Waals surface area contributed by atoms with Crippen molar-refractivity contribution in [2.75, 3.05) is 72.5 Å². The van der Waals surface area contributed by atoms with Gasteiger partial charge in [0.1, 0.15) is 6.26 Å². The highest BCUT2D eigenvalue weighted by molar-refractivity contribution is 14.0. The number of rotatable bonds is 8.